The van der Waals surface area contributed by atoms with Crippen molar-refractivity contribution < 1.29 is 4.39 Å². The minimum atomic E-state index is -0.725. The van der Waals surface area contributed by atoms with Gasteiger partial charge in [-0.2, -0.15) is 0 Å². The van der Waals surface area contributed by atoms with E-state index in [4.69, 9.17) is 0 Å². The average Bonchev–Trinajstić information content (AvgIpc) is 2.50. The summed E-state index contributed by atoms with van der Waals surface area (Å²) in [6.45, 7) is 0. The Balaban J connectivity index is 1.77. The molecule has 0 nitrogen and oxygen atoms in total. The molecule has 0 heterocycles. The molecule has 0 unspecified atom stereocenters. The van der Waals surface area contributed by atoms with Gasteiger partial charge in [0.15, 0.2) is 0 Å². The summed E-state index contributed by atoms with van der Waals surface area (Å²) in [6, 6.07) is 0. The van der Waals surface area contributed by atoms with Gasteiger partial charge in [0, 0.05) is 0 Å². The Hall–Kier alpha value is 0.360. The van der Waals surface area contributed by atoms with Gasteiger partial charge in [-0.1, -0.05) is 52.9 Å². The molecule has 0 saturated heterocycles. The van der Waals surface area contributed by atoms with E-state index in [9.17, 15) is 0 Å². The van der Waals surface area contributed by atoms with Crippen LogP contribution in [-0.4, -0.2) is 16.7 Å². The molecule has 0 spiro atoms. The van der Waals surface area contributed by atoms with Crippen LogP contribution in [0.4, 0.5) is 4.39 Å². The number of rotatable bonds is 3. The summed E-state index contributed by atoms with van der Waals surface area (Å²) in [7, 11) is -0.364. The van der Waals surface area contributed by atoms with Crippen molar-refractivity contribution >= 4 is 7.92 Å². The second-order valence-electron chi connectivity index (χ2n) is 7.47. The average molecular weight is 298 g/mol. The molecule has 0 bridgehead atoms. The van der Waals surface area contributed by atoms with E-state index in [1.165, 1.54) is 70.6 Å². The summed E-state index contributed by atoms with van der Waals surface area (Å²) in [4.78, 5) is 0. The van der Waals surface area contributed by atoms with Crippen LogP contribution in [-0.2, 0) is 0 Å². The van der Waals surface area contributed by atoms with Gasteiger partial charge in [0.2, 0.25) is 0 Å². The molecule has 2 heteroatoms. The van der Waals surface area contributed by atoms with E-state index in [-0.39, 0.29) is 7.92 Å². The van der Waals surface area contributed by atoms with Gasteiger partial charge in [-0.15, -0.1) is 0 Å². The summed E-state index contributed by atoms with van der Waals surface area (Å²) in [6.07, 6.45) is 19.2. The quantitative estimate of drug-likeness (QED) is 0.505. The van der Waals surface area contributed by atoms with Crippen LogP contribution < -0.4 is 0 Å². The fourth-order valence-electron chi connectivity index (χ4n) is 5.02. The molecule has 0 N–H and O–H groups in total. The zero-order chi connectivity index (χ0) is 13.8. The van der Waals surface area contributed by atoms with Gasteiger partial charge in [-0.3, -0.25) is 0 Å². The highest BCUT2D eigenvalue weighted by Crippen LogP contribution is 2.68. The van der Waals surface area contributed by atoms with Gasteiger partial charge >= 0.3 is 0 Å². The van der Waals surface area contributed by atoms with Crippen molar-refractivity contribution in [2.75, 3.05) is 0 Å². The Morgan fingerprint density at radius 2 is 1.00 bits per heavy atom. The summed E-state index contributed by atoms with van der Waals surface area (Å²) < 4.78 is 15.8. The lowest BCUT2D eigenvalue weighted by atomic mass is 9.98. The summed E-state index contributed by atoms with van der Waals surface area (Å²) >= 11 is 0. The van der Waals surface area contributed by atoms with E-state index in [2.05, 4.69) is 0 Å². The molecule has 0 aromatic rings. The van der Waals surface area contributed by atoms with Gasteiger partial charge in [-0.25, -0.2) is 4.39 Å². The molecule has 0 aromatic carbocycles. The molecular weight excluding hydrogens is 266 g/mol. The predicted octanol–water partition coefficient (Wildman–Crippen LogP) is 6.76. The molecule has 3 rings (SSSR count). The van der Waals surface area contributed by atoms with Crippen molar-refractivity contribution in [1.29, 1.82) is 0 Å². The van der Waals surface area contributed by atoms with Crippen LogP contribution in [0.5, 0.6) is 0 Å². The Morgan fingerprint density at radius 3 is 1.45 bits per heavy atom. The van der Waals surface area contributed by atoms with Crippen molar-refractivity contribution in [2.45, 2.75) is 113 Å². The molecule has 0 aliphatic heterocycles. The SMILES string of the molecule is FC1(P(C2CCCCC2)C2CCCCC2)CCCCC1. The third-order valence-electron chi connectivity index (χ3n) is 6.02. The summed E-state index contributed by atoms with van der Waals surface area (Å²) in [5, 5.41) is -0.725. The van der Waals surface area contributed by atoms with Crippen molar-refractivity contribution in [2.24, 2.45) is 0 Å². The Labute approximate surface area is 126 Å². The second kappa shape index (κ2) is 7.08. The van der Waals surface area contributed by atoms with Gasteiger partial charge in [-0.05, 0) is 62.7 Å². The van der Waals surface area contributed by atoms with Crippen LogP contribution >= 0.6 is 7.92 Å². The largest absolute Gasteiger partial charge is 0.239 e. The maximum Gasteiger partial charge on any atom is 0.130 e. The number of halogens is 1. The number of alkyl halides is 1. The zero-order valence-electron chi connectivity index (χ0n) is 13.1. The fraction of sp³-hybridized carbons (Fsp3) is 1.00. The van der Waals surface area contributed by atoms with Gasteiger partial charge < -0.3 is 0 Å². The molecule has 0 amide bonds. The van der Waals surface area contributed by atoms with Crippen molar-refractivity contribution in [3.63, 3.8) is 0 Å². The maximum absolute atomic E-state index is 15.8. The van der Waals surface area contributed by atoms with Crippen molar-refractivity contribution in [3.8, 4) is 0 Å². The summed E-state index contributed by atoms with van der Waals surface area (Å²) in [5.41, 5.74) is 1.56. The van der Waals surface area contributed by atoms with Gasteiger partial charge in [0.1, 0.15) is 5.41 Å². The first-order valence-corrected chi connectivity index (χ1v) is 10.7. The molecule has 0 aromatic heterocycles. The maximum atomic E-state index is 15.8. The minimum Gasteiger partial charge on any atom is -0.239 e. The van der Waals surface area contributed by atoms with Crippen LogP contribution in [0, 0.1) is 0 Å². The lowest BCUT2D eigenvalue weighted by molar-refractivity contribution is 0.199. The molecule has 116 valence electrons. The normalized spacial score (nSPS) is 29.7. The summed E-state index contributed by atoms with van der Waals surface area (Å²) in [5.74, 6) is 0. The van der Waals surface area contributed by atoms with E-state index in [0.717, 1.165) is 37.0 Å². The molecule has 20 heavy (non-hydrogen) atoms. The zero-order valence-corrected chi connectivity index (χ0v) is 14.0. The van der Waals surface area contributed by atoms with Crippen molar-refractivity contribution in [3.05, 3.63) is 0 Å². The van der Waals surface area contributed by atoms with E-state index in [1.807, 2.05) is 0 Å². The Morgan fingerprint density at radius 1 is 0.600 bits per heavy atom. The fourth-order valence-corrected chi connectivity index (χ4v) is 9.60. The molecule has 3 fully saturated rings. The monoisotopic (exact) mass is 298 g/mol. The number of hydrogen-bond acceptors (Lipinski definition) is 0. The molecule has 3 saturated carbocycles. The van der Waals surface area contributed by atoms with Crippen LogP contribution in [0.2, 0.25) is 0 Å². The van der Waals surface area contributed by atoms with E-state index in [0.29, 0.717) is 0 Å². The predicted molar refractivity (Wildman–Crippen MR) is 87.6 cm³/mol. The van der Waals surface area contributed by atoms with Crippen LogP contribution in [0.15, 0.2) is 0 Å². The highest BCUT2D eigenvalue weighted by Gasteiger charge is 2.47. The standard InChI is InChI=1S/C18H32FP/c19-18(14-8-3-9-15-18)20(16-10-4-1-5-11-16)17-12-6-2-7-13-17/h16-17H,1-15H2. The van der Waals surface area contributed by atoms with Crippen LogP contribution in [0.25, 0.3) is 0 Å². The first-order chi connectivity index (χ1) is 9.80. The van der Waals surface area contributed by atoms with Crippen molar-refractivity contribution in [1.82, 2.24) is 0 Å². The van der Waals surface area contributed by atoms with Gasteiger partial charge in [0.05, 0.1) is 0 Å². The molecule has 3 aliphatic rings. The smallest absolute Gasteiger partial charge is 0.130 e. The van der Waals surface area contributed by atoms with E-state index >= 15 is 4.39 Å². The highest BCUT2D eigenvalue weighted by molar-refractivity contribution is 7.60. The first kappa shape index (κ1) is 15.3. The lowest BCUT2D eigenvalue weighted by Gasteiger charge is -2.47. The highest BCUT2D eigenvalue weighted by atomic mass is 31.1. The van der Waals surface area contributed by atoms with E-state index < -0.39 is 5.41 Å². The molecule has 0 atom stereocenters. The van der Waals surface area contributed by atoms with Gasteiger partial charge in [0.25, 0.3) is 0 Å². The topological polar surface area (TPSA) is 0 Å². The van der Waals surface area contributed by atoms with Crippen LogP contribution in [0.3, 0.4) is 0 Å². The Kier molecular flexibility index (Phi) is 5.40. The third-order valence-corrected chi connectivity index (χ3v) is 10.00. The minimum absolute atomic E-state index is 0.364. The Bertz CT molecular complexity index is 268. The van der Waals surface area contributed by atoms with Crippen LogP contribution in [0.1, 0.15) is 96.3 Å². The third kappa shape index (κ3) is 3.40. The number of hydrogen-bond donors (Lipinski definition) is 0. The first-order valence-electron chi connectivity index (χ1n) is 9.27. The second-order valence-corrected chi connectivity index (χ2v) is 10.5. The lowest BCUT2D eigenvalue weighted by Crippen LogP contribution is -2.35. The molecule has 3 aliphatic carbocycles. The van der Waals surface area contributed by atoms with E-state index in [1.54, 1.807) is 0 Å². The molecular formula is C18H32FP. The molecule has 0 radical (unpaired) electrons.